The highest BCUT2D eigenvalue weighted by atomic mass is 16.5. The maximum Gasteiger partial charge on any atom is 0.254 e. The van der Waals surface area contributed by atoms with Crippen molar-refractivity contribution in [3.8, 4) is 23.0 Å². The molecule has 3 rings (SSSR count). The molecule has 0 aliphatic rings. The van der Waals surface area contributed by atoms with Gasteiger partial charge in [0.2, 0.25) is 11.7 Å². The second-order valence-corrected chi connectivity index (χ2v) is 5.90. The molecule has 0 bridgehead atoms. The van der Waals surface area contributed by atoms with Crippen molar-refractivity contribution >= 4 is 0 Å². The highest BCUT2D eigenvalue weighted by Crippen LogP contribution is 2.29. The summed E-state index contributed by atoms with van der Waals surface area (Å²) in [6.45, 7) is 8.69. The zero-order valence-electron chi connectivity index (χ0n) is 14.8. The van der Waals surface area contributed by atoms with Gasteiger partial charge >= 0.3 is 0 Å². The number of benzene rings is 1. The first kappa shape index (κ1) is 17.0. The molecule has 0 fully saturated rings. The van der Waals surface area contributed by atoms with Crippen LogP contribution >= 0.6 is 0 Å². The van der Waals surface area contributed by atoms with Crippen LogP contribution in [0.3, 0.4) is 0 Å². The Hall–Kier alpha value is -2.83. The van der Waals surface area contributed by atoms with E-state index in [1.807, 2.05) is 32.9 Å². The smallest absolute Gasteiger partial charge is 0.254 e. The Bertz CT molecular complexity index is 831. The number of nitrogens with zero attached hydrogens (tertiary/aromatic N) is 3. The van der Waals surface area contributed by atoms with E-state index >= 15 is 0 Å². The van der Waals surface area contributed by atoms with E-state index in [1.54, 1.807) is 13.0 Å². The maximum atomic E-state index is 5.92. The van der Waals surface area contributed by atoms with Gasteiger partial charge in [-0.1, -0.05) is 5.16 Å². The fourth-order valence-electron chi connectivity index (χ4n) is 2.55. The number of hydrogen-bond acceptors (Lipinski definition) is 7. The molecule has 0 saturated heterocycles. The normalized spacial score (nSPS) is 10.9. The van der Waals surface area contributed by atoms with Crippen molar-refractivity contribution in [3.63, 3.8) is 0 Å². The molecule has 3 aromatic rings. The summed E-state index contributed by atoms with van der Waals surface area (Å²) in [5, 5.41) is 7.74. The van der Waals surface area contributed by atoms with Gasteiger partial charge in [-0.05, 0) is 49.2 Å². The first-order valence-electron chi connectivity index (χ1n) is 8.14. The van der Waals surface area contributed by atoms with Crippen molar-refractivity contribution in [1.82, 2.24) is 15.3 Å². The minimum Gasteiger partial charge on any atom is -0.493 e. The molecular formula is C18H21N3O4. The van der Waals surface area contributed by atoms with E-state index in [0.717, 1.165) is 34.6 Å². The number of ether oxygens (including phenoxy) is 2. The first-order valence-corrected chi connectivity index (χ1v) is 8.14. The summed E-state index contributed by atoms with van der Waals surface area (Å²) in [5.41, 5.74) is 2.99. The van der Waals surface area contributed by atoms with Gasteiger partial charge in [-0.3, -0.25) is 0 Å². The van der Waals surface area contributed by atoms with Crippen LogP contribution in [0.25, 0.3) is 11.4 Å². The average molecular weight is 343 g/mol. The molecule has 7 heteroatoms. The van der Waals surface area contributed by atoms with Crippen LogP contribution in [0, 0.1) is 27.7 Å². The number of hydrogen-bond donors (Lipinski definition) is 0. The minimum absolute atomic E-state index is 0.504. The predicted molar refractivity (Wildman–Crippen MR) is 90.8 cm³/mol. The van der Waals surface area contributed by atoms with E-state index in [0.29, 0.717) is 30.8 Å². The molecule has 0 aliphatic carbocycles. The van der Waals surface area contributed by atoms with Gasteiger partial charge in [0.1, 0.15) is 11.5 Å². The Morgan fingerprint density at radius 2 is 1.60 bits per heavy atom. The molecule has 0 amide bonds. The molecule has 1 aromatic carbocycles. The van der Waals surface area contributed by atoms with Gasteiger partial charge in [0.15, 0.2) is 0 Å². The van der Waals surface area contributed by atoms with Crippen LogP contribution in [0.15, 0.2) is 27.2 Å². The standard InChI is InChI=1S/C18H21N3O4/c1-11-8-15(18-19-14(4)25-21-18)9-12(2)17(11)23-7-5-6-22-16-10-13(3)24-20-16/h8-10H,5-7H2,1-4H3. The largest absolute Gasteiger partial charge is 0.493 e. The molecule has 0 saturated carbocycles. The van der Waals surface area contributed by atoms with Crippen molar-refractivity contribution in [3.05, 3.63) is 41.0 Å². The quantitative estimate of drug-likeness (QED) is 0.603. The van der Waals surface area contributed by atoms with Crippen LogP contribution in [0.4, 0.5) is 0 Å². The molecule has 132 valence electrons. The molecule has 0 radical (unpaired) electrons. The first-order chi connectivity index (χ1) is 12.0. The highest BCUT2D eigenvalue weighted by Gasteiger charge is 2.11. The number of rotatable bonds is 7. The molecule has 25 heavy (non-hydrogen) atoms. The van der Waals surface area contributed by atoms with E-state index in [1.165, 1.54) is 0 Å². The third kappa shape index (κ3) is 4.17. The summed E-state index contributed by atoms with van der Waals surface area (Å²) in [6, 6.07) is 5.76. The molecule has 0 N–H and O–H groups in total. The molecule has 7 nitrogen and oxygen atoms in total. The summed E-state index contributed by atoms with van der Waals surface area (Å²) in [5.74, 6) is 3.25. The van der Waals surface area contributed by atoms with Gasteiger partial charge in [-0.2, -0.15) is 4.98 Å². The zero-order valence-corrected chi connectivity index (χ0v) is 14.8. The fraction of sp³-hybridized carbons (Fsp3) is 0.389. The lowest BCUT2D eigenvalue weighted by atomic mass is 10.1. The van der Waals surface area contributed by atoms with Crippen molar-refractivity contribution < 1.29 is 18.5 Å². The van der Waals surface area contributed by atoms with Crippen LogP contribution < -0.4 is 9.47 Å². The Kier molecular flexibility index (Phi) is 5.02. The topological polar surface area (TPSA) is 83.4 Å². The summed E-state index contributed by atoms with van der Waals surface area (Å²) in [4.78, 5) is 4.26. The Labute approximate surface area is 145 Å². The fourth-order valence-corrected chi connectivity index (χ4v) is 2.55. The van der Waals surface area contributed by atoms with Crippen LogP contribution in [0.2, 0.25) is 0 Å². The van der Waals surface area contributed by atoms with E-state index < -0.39 is 0 Å². The van der Waals surface area contributed by atoms with Gasteiger partial charge in [0.25, 0.3) is 5.88 Å². The van der Waals surface area contributed by atoms with Crippen molar-refractivity contribution in [2.24, 2.45) is 0 Å². The van der Waals surface area contributed by atoms with E-state index in [4.69, 9.17) is 18.5 Å². The monoisotopic (exact) mass is 343 g/mol. The van der Waals surface area contributed by atoms with Gasteiger partial charge in [0, 0.05) is 25.0 Å². The molecule has 0 atom stereocenters. The number of aromatic nitrogens is 3. The van der Waals surface area contributed by atoms with Gasteiger partial charge in [0.05, 0.1) is 13.2 Å². The van der Waals surface area contributed by atoms with E-state index in [9.17, 15) is 0 Å². The maximum absolute atomic E-state index is 5.92. The Morgan fingerprint density at radius 3 is 2.20 bits per heavy atom. The highest BCUT2D eigenvalue weighted by molar-refractivity contribution is 5.60. The van der Waals surface area contributed by atoms with Crippen molar-refractivity contribution in [1.29, 1.82) is 0 Å². The Balaban J connectivity index is 1.55. The molecule has 0 spiro atoms. The second-order valence-electron chi connectivity index (χ2n) is 5.90. The lowest BCUT2D eigenvalue weighted by Crippen LogP contribution is -2.06. The van der Waals surface area contributed by atoms with Crippen LogP contribution in [-0.2, 0) is 0 Å². The van der Waals surface area contributed by atoms with Gasteiger partial charge in [-0.15, -0.1) is 0 Å². The van der Waals surface area contributed by atoms with Crippen molar-refractivity contribution in [2.75, 3.05) is 13.2 Å². The van der Waals surface area contributed by atoms with Gasteiger partial charge < -0.3 is 18.5 Å². The third-order valence-corrected chi connectivity index (χ3v) is 3.64. The van der Waals surface area contributed by atoms with E-state index in [-0.39, 0.29) is 0 Å². The summed E-state index contributed by atoms with van der Waals surface area (Å²) >= 11 is 0. The predicted octanol–water partition coefficient (Wildman–Crippen LogP) is 3.81. The van der Waals surface area contributed by atoms with Crippen LogP contribution in [-0.4, -0.2) is 28.5 Å². The van der Waals surface area contributed by atoms with E-state index in [2.05, 4.69) is 15.3 Å². The molecule has 2 heterocycles. The minimum atomic E-state index is 0.504. The van der Waals surface area contributed by atoms with Crippen LogP contribution in [0.5, 0.6) is 11.6 Å². The molecular weight excluding hydrogens is 322 g/mol. The second kappa shape index (κ2) is 7.38. The molecule has 0 aliphatic heterocycles. The lowest BCUT2D eigenvalue weighted by Gasteiger charge is -2.13. The number of aryl methyl sites for hydroxylation is 4. The van der Waals surface area contributed by atoms with Crippen molar-refractivity contribution in [2.45, 2.75) is 34.1 Å². The SMILES string of the molecule is Cc1cc(OCCCOc2c(C)cc(-c3noc(C)n3)cc2C)no1. The average Bonchev–Trinajstić information content (AvgIpc) is 3.17. The molecule has 2 aromatic heterocycles. The molecule has 0 unspecified atom stereocenters. The summed E-state index contributed by atoms with van der Waals surface area (Å²) in [7, 11) is 0. The summed E-state index contributed by atoms with van der Waals surface area (Å²) in [6.07, 6.45) is 0.747. The Morgan fingerprint density at radius 1 is 0.880 bits per heavy atom. The summed E-state index contributed by atoms with van der Waals surface area (Å²) < 4.78 is 21.4. The third-order valence-electron chi connectivity index (χ3n) is 3.64. The van der Waals surface area contributed by atoms with Crippen LogP contribution in [0.1, 0.15) is 29.2 Å². The lowest BCUT2D eigenvalue weighted by molar-refractivity contribution is 0.231. The zero-order chi connectivity index (χ0) is 17.8. The van der Waals surface area contributed by atoms with Gasteiger partial charge in [-0.25, -0.2) is 0 Å².